The van der Waals surface area contributed by atoms with Gasteiger partial charge >= 0.3 is 0 Å². The first-order valence-corrected chi connectivity index (χ1v) is 9.05. The highest BCUT2D eigenvalue weighted by atomic mass is 16.5. The summed E-state index contributed by atoms with van der Waals surface area (Å²) in [6, 6.07) is 14.5. The number of Topliss-reactive ketones (excluding diaryl/α,β-unsaturated/α-hetero) is 1. The van der Waals surface area contributed by atoms with Gasteiger partial charge in [-0.15, -0.1) is 0 Å². The van der Waals surface area contributed by atoms with Crippen LogP contribution in [-0.2, 0) is 22.4 Å². The number of rotatable bonds is 9. The van der Waals surface area contributed by atoms with Gasteiger partial charge < -0.3 is 14.8 Å². The van der Waals surface area contributed by atoms with Crippen molar-refractivity contribution in [1.82, 2.24) is 0 Å². The van der Waals surface area contributed by atoms with Crippen LogP contribution >= 0.6 is 0 Å². The predicted octanol–water partition coefficient (Wildman–Crippen LogP) is 3.55. The Kier molecular flexibility index (Phi) is 7.58. The van der Waals surface area contributed by atoms with E-state index < -0.39 is 17.6 Å². The second-order valence-corrected chi connectivity index (χ2v) is 6.26. The van der Waals surface area contributed by atoms with Crippen LogP contribution in [0.25, 0.3) is 0 Å². The fraction of sp³-hybridized carbons (Fsp3) is 0.318. The molecule has 6 nitrogen and oxygen atoms in total. The van der Waals surface area contributed by atoms with Crippen LogP contribution in [0.5, 0.6) is 11.5 Å². The number of amides is 1. The van der Waals surface area contributed by atoms with Crippen LogP contribution in [0.3, 0.4) is 0 Å². The first kappa shape index (κ1) is 21.0. The second-order valence-electron chi connectivity index (χ2n) is 6.26. The highest BCUT2D eigenvalue weighted by molar-refractivity contribution is 6.09. The van der Waals surface area contributed by atoms with Crippen molar-refractivity contribution in [1.29, 1.82) is 5.26 Å². The van der Waals surface area contributed by atoms with Crippen molar-refractivity contribution in [3.8, 4) is 17.6 Å². The molecule has 1 atom stereocenters. The summed E-state index contributed by atoms with van der Waals surface area (Å²) in [7, 11) is 3.09. The number of ether oxygens (including phenoxy) is 2. The number of hydrogen-bond donors (Lipinski definition) is 1. The topological polar surface area (TPSA) is 88.4 Å². The van der Waals surface area contributed by atoms with Gasteiger partial charge in [0.2, 0.25) is 5.91 Å². The lowest BCUT2D eigenvalue weighted by Crippen LogP contribution is -2.28. The molecule has 0 radical (unpaired) electrons. The van der Waals surface area contributed by atoms with E-state index in [4.69, 9.17) is 9.47 Å². The van der Waals surface area contributed by atoms with Crippen molar-refractivity contribution in [3.63, 3.8) is 0 Å². The highest BCUT2D eigenvalue weighted by Gasteiger charge is 2.26. The average molecular weight is 380 g/mol. The molecule has 2 aromatic rings. The molecule has 28 heavy (non-hydrogen) atoms. The maximum Gasteiger partial charge on any atom is 0.249 e. The van der Waals surface area contributed by atoms with Crippen LogP contribution < -0.4 is 14.8 Å². The van der Waals surface area contributed by atoms with Gasteiger partial charge in [-0.05, 0) is 48.2 Å². The monoisotopic (exact) mass is 380 g/mol. The predicted molar refractivity (Wildman–Crippen MR) is 106 cm³/mol. The number of anilines is 1. The molecule has 0 aliphatic carbocycles. The van der Waals surface area contributed by atoms with Crippen molar-refractivity contribution in [2.24, 2.45) is 5.92 Å². The third kappa shape index (κ3) is 5.34. The van der Waals surface area contributed by atoms with Crippen molar-refractivity contribution in [2.45, 2.75) is 26.2 Å². The molecule has 2 aromatic carbocycles. The molecule has 0 bridgehead atoms. The minimum Gasteiger partial charge on any atom is -0.493 e. The van der Waals surface area contributed by atoms with E-state index in [-0.39, 0.29) is 6.42 Å². The summed E-state index contributed by atoms with van der Waals surface area (Å²) < 4.78 is 10.4. The van der Waals surface area contributed by atoms with E-state index in [0.717, 1.165) is 17.5 Å². The minimum atomic E-state index is -1.34. The van der Waals surface area contributed by atoms with Gasteiger partial charge in [0.1, 0.15) is 0 Å². The number of nitriles is 1. The Labute approximate surface area is 165 Å². The summed E-state index contributed by atoms with van der Waals surface area (Å²) in [6.07, 6.45) is 1.37. The van der Waals surface area contributed by atoms with E-state index in [1.165, 1.54) is 7.11 Å². The molecule has 6 heteroatoms. The minimum absolute atomic E-state index is 0.0793. The Morgan fingerprint density at radius 1 is 1.04 bits per heavy atom. The highest BCUT2D eigenvalue weighted by Crippen LogP contribution is 2.28. The molecule has 0 saturated heterocycles. The maximum absolute atomic E-state index is 12.4. The molecular weight excluding hydrogens is 356 g/mol. The fourth-order valence-corrected chi connectivity index (χ4v) is 2.76. The SMILES string of the molecule is CCc1ccc(NC(=O)C(C#N)C(=O)CCc2ccc(OC)c(OC)c2)cc1. The molecule has 0 aromatic heterocycles. The number of hydrogen-bond acceptors (Lipinski definition) is 5. The quantitative estimate of drug-likeness (QED) is 0.672. The van der Waals surface area contributed by atoms with Crippen LogP contribution in [0.2, 0.25) is 0 Å². The van der Waals surface area contributed by atoms with E-state index in [9.17, 15) is 14.9 Å². The summed E-state index contributed by atoms with van der Waals surface area (Å²) in [5.74, 6) is -1.20. The van der Waals surface area contributed by atoms with Crippen molar-refractivity contribution in [2.75, 3.05) is 19.5 Å². The zero-order chi connectivity index (χ0) is 20.5. The van der Waals surface area contributed by atoms with E-state index >= 15 is 0 Å². The van der Waals surface area contributed by atoms with Gasteiger partial charge in [0.25, 0.3) is 0 Å². The molecular formula is C22H24N2O4. The average Bonchev–Trinajstić information content (AvgIpc) is 2.73. The molecule has 1 unspecified atom stereocenters. The largest absolute Gasteiger partial charge is 0.493 e. The zero-order valence-electron chi connectivity index (χ0n) is 16.3. The lowest BCUT2D eigenvalue weighted by Gasteiger charge is -2.11. The summed E-state index contributed by atoms with van der Waals surface area (Å²) in [5.41, 5.74) is 2.56. The smallest absolute Gasteiger partial charge is 0.249 e. The molecule has 1 amide bonds. The lowest BCUT2D eigenvalue weighted by atomic mass is 9.98. The summed E-state index contributed by atoms with van der Waals surface area (Å²) in [5, 5.41) is 11.9. The summed E-state index contributed by atoms with van der Waals surface area (Å²) in [4.78, 5) is 24.8. The van der Waals surface area contributed by atoms with Gasteiger partial charge in [0, 0.05) is 12.1 Å². The van der Waals surface area contributed by atoms with Crippen LogP contribution in [0, 0.1) is 17.2 Å². The Bertz CT molecular complexity index is 869. The number of methoxy groups -OCH3 is 2. The summed E-state index contributed by atoms with van der Waals surface area (Å²) in [6.45, 7) is 2.04. The Balaban J connectivity index is 1.98. The standard InChI is InChI=1S/C22H24N2O4/c1-4-15-5-9-17(10-6-15)24-22(26)18(14-23)19(25)11-7-16-8-12-20(27-2)21(13-16)28-3/h5-6,8-10,12-13,18H,4,7,11H2,1-3H3,(H,24,26). The van der Waals surface area contributed by atoms with E-state index in [0.29, 0.717) is 23.6 Å². The number of carbonyl (C=O) groups excluding carboxylic acids is 2. The molecule has 0 saturated carbocycles. The molecule has 0 spiro atoms. The number of ketones is 1. The van der Waals surface area contributed by atoms with Gasteiger partial charge in [-0.2, -0.15) is 5.26 Å². The van der Waals surface area contributed by atoms with Crippen molar-refractivity contribution in [3.05, 3.63) is 53.6 Å². The van der Waals surface area contributed by atoms with Crippen LogP contribution in [0.15, 0.2) is 42.5 Å². The normalized spacial score (nSPS) is 11.2. The maximum atomic E-state index is 12.4. The van der Waals surface area contributed by atoms with Crippen LogP contribution in [0.1, 0.15) is 24.5 Å². The van der Waals surface area contributed by atoms with Crippen molar-refractivity contribution >= 4 is 17.4 Å². The van der Waals surface area contributed by atoms with Gasteiger partial charge in [0.15, 0.2) is 23.2 Å². The second kappa shape index (κ2) is 10.1. The molecule has 0 aliphatic rings. The Hall–Kier alpha value is -3.33. The first-order valence-electron chi connectivity index (χ1n) is 9.05. The Morgan fingerprint density at radius 3 is 2.25 bits per heavy atom. The Morgan fingerprint density at radius 2 is 1.68 bits per heavy atom. The fourth-order valence-electron chi connectivity index (χ4n) is 2.76. The molecule has 146 valence electrons. The summed E-state index contributed by atoms with van der Waals surface area (Å²) >= 11 is 0. The molecule has 0 heterocycles. The van der Waals surface area contributed by atoms with Crippen molar-refractivity contribution < 1.29 is 19.1 Å². The van der Waals surface area contributed by atoms with Gasteiger partial charge in [-0.3, -0.25) is 9.59 Å². The first-order chi connectivity index (χ1) is 13.5. The molecule has 1 N–H and O–H groups in total. The van der Waals surface area contributed by atoms with Crippen LogP contribution in [0.4, 0.5) is 5.69 Å². The number of benzene rings is 2. The number of nitrogens with zero attached hydrogens (tertiary/aromatic N) is 1. The number of aryl methyl sites for hydroxylation is 2. The van der Waals surface area contributed by atoms with E-state index in [1.54, 1.807) is 31.4 Å². The molecule has 0 aliphatic heterocycles. The number of carbonyl (C=O) groups is 2. The zero-order valence-corrected chi connectivity index (χ0v) is 16.3. The van der Waals surface area contributed by atoms with Gasteiger partial charge in [-0.25, -0.2) is 0 Å². The third-order valence-corrected chi connectivity index (χ3v) is 4.45. The number of nitrogens with one attached hydrogen (secondary N) is 1. The lowest BCUT2D eigenvalue weighted by molar-refractivity contribution is -0.128. The van der Waals surface area contributed by atoms with Crippen LogP contribution in [-0.4, -0.2) is 25.9 Å². The van der Waals surface area contributed by atoms with Gasteiger partial charge in [0.05, 0.1) is 20.3 Å². The third-order valence-electron chi connectivity index (χ3n) is 4.45. The molecule has 2 rings (SSSR count). The van der Waals surface area contributed by atoms with E-state index in [1.807, 2.05) is 31.2 Å². The molecule has 0 fully saturated rings. The van der Waals surface area contributed by atoms with Gasteiger partial charge in [-0.1, -0.05) is 25.1 Å². The van der Waals surface area contributed by atoms with E-state index in [2.05, 4.69) is 5.32 Å².